The third-order valence-corrected chi connectivity index (χ3v) is 3.27. The van der Waals surface area contributed by atoms with E-state index in [1.165, 1.54) is 0 Å². The molecule has 2 aromatic rings. The number of nitrogens with zero attached hydrogens (tertiary/aromatic N) is 4. The maximum atomic E-state index is 11.1. The Morgan fingerprint density at radius 2 is 2.17 bits per heavy atom. The number of carboxylic acid groups (broad SMARTS) is 1. The number of imidazole rings is 1. The molecule has 18 heavy (non-hydrogen) atoms. The molecule has 2 rings (SSSR count). The van der Waals surface area contributed by atoms with Crippen LogP contribution in [-0.4, -0.2) is 30.4 Å². The van der Waals surface area contributed by atoms with Gasteiger partial charge in [0, 0.05) is 7.05 Å². The van der Waals surface area contributed by atoms with Gasteiger partial charge in [-0.15, -0.1) is 0 Å². The van der Waals surface area contributed by atoms with E-state index in [-0.39, 0.29) is 5.56 Å². The fourth-order valence-corrected chi connectivity index (χ4v) is 2.01. The van der Waals surface area contributed by atoms with E-state index < -0.39 is 5.97 Å². The molecular formula is C11H13ClN4O2. The summed E-state index contributed by atoms with van der Waals surface area (Å²) in [5, 5.41) is 13.8. The van der Waals surface area contributed by atoms with Crippen LogP contribution in [0.1, 0.15) is 27.6 Å². The van der Waals surface area contributed by atoms with Crippen LogP contribution in [0.25, 0.3) is 0 Å². The molecular weight excluding hydrogens is 256 g/mol. The summed E-state index contributed by atoms with van der Waals surface area (Å²) in [6.07, 6.45) is 1.56. The van der Waals surface area contributed by atoms with Crippen molar-refractivity contribution < 1.29 is 9.90 Å². The van der Waals surface area contributed by atoms with Crippen molar-refractivity contribution in [1.29, 1.82) is 0 Å². The largest absolute Gasteiger partial charge is 0.478 e. The Morgan fingerprint density at radius 3 is 2.61 bits per heavy atom. The van der Waals surface area contributed by atoms with Gasteiger partial charge in [-0.25, -0.2) is 9.78 Å². The van der Waals surface area contributed by atoms with Gasteiger partial charge in [0.25, 0.3) is 0 Å². The summed E-state index contributed by atoms with van der Waals surface area (Å²) < 4.78 is 3.36. The van der Waals surface area contributed by atoms with Crippen LogP contribution in [0.15, 0.2) is 6.20 Å². The smallest absolute Gasteiger partial charge is 0.339 e. The molecule has 7 heteroatoms. The van der Waals surface area contributed by atoms with E-state index in [0.29, 0.717) is 23.1 Å². The van der Waals surface area contributed by atoms with Crippen molar-refractivity contribution in [3.63, 3.8) is 0 Å². The normalized spacial score (nSPS) is 10.9. The first kappa shape index (κ1) is 12.6. The highest BCUT2D eigenvalue weighted by Gasteiger charge is 2.18. The standard InChI is InChI=1S/C11H13ClN4O2/c1-6-10(11(17)18)7(2)16(14-6)5-9-13-4-8(12)15(9)3/h4H,5H2,1-3H3,(H,17,18). The molecule has 0 aromatic carbocycles. The zero-order valence-electron chi connectivity index (χ0n) is 10.3. The second-order valence-corrected chi connectivity index (χ2v) is 4.45. The summed E-state index contributed by atoms with van der Waals surface area (Å²) in [7, 11) is 1.80. The highest BCUT2D eigenvalue weighted by atomic mass is 35.5. The molecule has 0 amide bonds. The molecule has 0 bridgehead atoms. The van der Waals surface area contributed by atoms with Gasteiger partial charge in [-0.1, -0.05) is 11.6 Å². The van der Waals surface area contributed by atoms with Crippen LogP contribution < -0.4 is 0 Å². The minimum Gasteiger partial charge on any atom is -0.478 e. The van der Waals surface area contributed by atoms with E-state index in [0.717, 1.165) is 5.82 Å². The minimum absolute atomic E-state index is 0.246. The predicted octanol–water partition coefficient (Wildman–Crippen LogP) is 1.63. The lowest BCUT2D eigenvalue weighted by atomic mass is 10.2. The molecule has 0 spiro atoms. The van der Waals surface area contributed by atoms with Crippen molar-refractivity contribution in [3.8, 4) is 0 Å². The fourth-order valence-electron chi connectivity index (χ4n) is 1.87. The van der Waals surface area contributed by atoms with E-state index in [1.54, 1.807) is 36.3 Å². The summed E-state index contributed by atoms with van der Waals surface area (Å²) in [4.78, 5) is 15.2. The van der Waals surface area contributed by atoms with Crippen LogP contribution in [0.3, 0.4) is 0 Å². The van der Waals surface area contributed by atoms with Crippen molar-refractivity contribution in [2.24, 2.45) is 7.05 Å². The van der Waals surface area contributed by atoms with Gasteiger partial charge in [-0.3, -0.25) is 4.68 Å². The maximum Gasteiger partial charge on any atom is 0.339 e. The lowest BCUT2D eigenvalue weighted by Crippen LogP contribution is -2.10. The van der Waals surface area contributed by atoms with E-state index in [1.807, 2.05) is 0 Å². The highest BCUT2D eigenvalue weighted by Crippen LogP contribution is 2.15. The van der Waals surface area contributed by atoms with E-state index in [4.69, 9.17) is 16.7 Å². The highest BCUT2D eigenvalue weighted by molar-refractivity contribution is 6.29. The first-order valence-corrected chi connectivity index (χ1v) is 5.73. The van der Waals surface area contributed by atoms with Crippen LogP contribution >= 0.6 is 11.6 Å². The van der Waals surface area contributed by atoms with Gasteiger partial charge in [0.1, 0.15) is 16.5 Å². The van der Waals surface area contributed by atoms with Crippen molar-refractivity contribution in [3.05, 3.63) is 34.1 Å². The molecule has 0 aliphatic heterocycles. The Labute approximate surface area is 109 Å². The number of aromatic nitrogens is 4. The Morgan fingerprint density at radius 1 is 1.50 bits per heavy atom. The number of aromatic carboxylic acids is 1. The molecule has 0 unspecified atom stereocenters. The van der Waals surface area contributed by atoms with Crippen LogP contribution in [-0.2, 0) is 13.6 Å². The van der Waals surface area contributed by atoms with Crippen LogP contribution in [0, 0.1) is 13.8 Å². The Bertz CT molecular complexity index is 615. The van der Waals surface area contributed by atoms with Gasteiger partial charge in [-0.2, -0.15) is 5.10 Å². The van der Waals surface area contributed by atoms with Gasteiger partial charge in [0.2, 0.25) is 0 Å². The molecule has 1 N–H and O–H groups in total. The van der Waals surface area contributed by atoms with Crippen LogP contribution in [0.4, 0.5) is 0 Å². The molecule has 0 saturated carbocycles. The molecule has 0 saturated heterocycles. The molecule has 0 radical (unpaired) electrons. The van der Waals surface area contributed by atoms with E-state index >= 15 is 0 Å². The first-order chi connectivity index (χ1) is 8.41. The monoisotopic (exact) mass is 268 g/mol. The van der Waals surface area contributed by atoms with Gasteiger partial charge < -0.3 is 9.67 Å². The number of carboxylic acids is 1. The molecule has 0 fully saturated rings. The molecule has 0 atom stereocenters. The molecule has 2 heterocycles. The molecule has 6 nitrogen and oxygen atoms in total. The minimum atomic E-state index is -0.964. The maximum absolute atomic E-state index is 11.1. The van der Waals surface area contributed by atoms with Crippen molar-refractivity contribution >= 4 is 17.6 Å². The van der Waals surface area contributed by atoms with Crippen LogP contribution in [0.2, 0.25) is 5.15 Å². The summed E-state index contributed by atoms with van der Waals surface area (Å²) in [6.45, 7) is 3.80. The van der Waals surface area contributed by atoms with Gasteiger partial charge in [0.15, 0.2) is 0 Å². The Hall–Kier alpha value is -1.82. The topological polar surface area (TPSA) is 72.9 Å². The zero-order valence-corrected chi connectivity index (χ0v) is 11.1. The van der Waals surface area contributed by atoms with Crippen molar-refractivity contribution in [2.45, 2.75) is 20.4 Å². The fraction of sp³-hybridized carbons (Fsp3) is 0.364. The van der Waals surface area contributed by atoms with Crippen LogP contribution in [0.5, 0.6) is 0 Å². The molecule has 0 aliphatic rings. The van der Waals surface area contributed by atoms with Gasteiger partial charge in [-0.05, 0) is 13.8 Å². The lowest BCUT2D eigenvalue weighted by molar-refractivity contribution is 0.0695. The number of hydrogen-bond donors (Lipinski definition) is 1. The molecule has 0 aliphatic carbocycles. The average Bonchev–Trinajstić information content (AvgIpc) is 2.73. The van der Waals surface area contributed by atoms with E-state index in [2.05, 4.69) is 10.1 Å². The molecule has 2 aromatic heterocycles. The Balaban J connectivity index is 2.39. The SMILES string of the molecule is Cc1nn(Cc2ncc(Cl)n2C)c(C)c1C(=O)O. The average molecular weight is 269 g/mol. The van der Waals surface area contributed by atoms with Crippen molar-refractivity contribution in [1.82, 2.24) is 19.3 Å². The van der Waals surface area contributed by atoms with Gasteiger partial charge >= 0.3 is 5.97 Å². The van der Waals surface area contributed by atoms with Gasteiger partial charge in [0.05, 0.1) is 24.1 Å². The third kappa shape index (κ3) is 1.99. The van der Waals surface area contributed by atoms with E-state index in [9.17, 15) is 4.79 Å². The number of halogens is 1. The summed E-state index contributed by atoms with van der Waals surface area (Å²) >= 11 is 5.90. The lowest BCUT2D eigenvalue weighted by Gasteiger charge is -2.05. The Kier molecular flexibility index (Phi) is 3.13. The van der Waals surface area contributed by atoms with Crippen molar-refractivity contribution in [2.75, 3.05) is 0 Å². The first-order valence-electron chi connectivity index (χ1n) is 5.35. The second-order valence-electron chi connectivity index (χ2n) is 4.06. The number of carbonyl (C=O) groups is 1. The summed E-state index contributed by atoms with van der Waals surface area (Å²) in [6, 6.07) is 0. The summed E-state index contributed by atoms with van der Waals surface area (Å²) in [5.74, 6) is -0.239. The number of rotatable bonds is 3. The summed E-state index contributed by atoms with van der Waals surface area (Å²) in [5.41, 5.74) is 1.36. The second kappa shape index (κ2) is 4.45. The number of hydrogen-bond acceptors (Lipinski definition) is 3. The quantitative estimate of drug-likeness (QED) is 0.918. The molecule has 96 valence electrons. The number of aryl methyl sites for hydroxylation is 1. The third-order valence-electron chi connectivity index (χ3n) is 2.91. The zero-order chi connectivity index (χ0) is 13.4. The predicted molar refractivity (Wildman–Crippen MR) is 66.0 cm³/mol.